The van der Waals surface area contributed by atoms with Gasteiger partial charge < -0.3 is 4.90 Å². The van der Waals surface area contributed by atoms with Crippen LogP contribution in [0.4, 0.5) is 0 Å². The molecule has 2 aliphatic heterocycles. The van der Waals surface area contributed by atoms with Gasteiger partial charge in [0.25, 0.3) is 0 Å². The predicted octanol–water partition coefficient (Wildman–Crippen LogP) is 4.79. The van der Waals surface area contributed by atoms with Gasteiger partial charge in [0.2, 0.25) is 10.0 Å². The Morgan fingerprint density at radius 3 is 2.39 bits per heavy atom. The molecule has 2 aromatic carbocycles. The van der Waals surface area contributed by atoms with E-state index in [2.05, 4.69) is 28.2 Å². The molecule has 0 saturated carbocycles. The van der Waals surface area contributed by atoms with Gasteiger partial charge in [-0.2, -0.15) is 9.57 Å². The van der Waals surface area contributed by atoms with Crippen molar-refractivity contribution in [2.24, 2.45) is 5.92 Å². The molecule has 1 fully saturated rings. The molecule has 3 aromatic rings. The number of allylic oxidation sites excluding steroid dienone is 2. The molecule has 0 N–H and O–H groups in total. The summed E-state index contributed by atoms with van der Waals surface area (Å²) in [6, 6.07) is 24.5. The van der Waals surface area contributed by atoms with Crippen molar-refractivity contribution in [1.82, 2.24) is 14.2 Å². The van der Waals surface area contributed by atoms with Gasteiger partial charge in [0.05, 0.1) is 22.2 Å². The second kappa shape index (κ2) is 10.5. The summed E-state index contributed by atoms with van der Waals surface area (Å²) in [6.07, 6.45) is 7.68. The highest BCUT2D eigenvalue weighted by molar-refractivity contribution is 7.89. The minimum absolute atomic E-state index is 0.355. The van der Waals surface area contributed by atoms with Gasteiger partial charge in [-0.05, 0) is 66.3 Å². The molecular formula is C29H28N4O2S. The Morgan fingerprint density at radius 1 is 0.944 bits per heavy atom. The van der Waals surface area contributed by atoms with Crippen molar-refractivity contribution >= 4 is 21.2 Å². The van der Waals surface area contributed by atoms with Crippen LogP contribution in [0, 0.1) is 17.2 Å². The van der Waals surface area contributed by atoms with Crippen LogP contribution in [0.25, 0.3) is 11.1 Å². The van der Waals surface area contributed by atoms with E-state index < -0.39 is 10.0 Å². The number of nitrogens with zero attached hydrogens (tertiary/aromatic N) is 4. The Balaban J connectivity index is 1.33. The monoisotopic (exact) mass is 496 g/mol. The maximum absolute atomic E-state index is 13.0. The van der Waals surface area contributed by atoms with Crippen molar-refractivity contribution in [3.63, 3.8) is 0 Å². The molecule has 5 rings (SSSR count). The van der Waals surface area contributed by atoms with Crippen molar-refractivity contribution in [2.75, 3.05) is 26.2 Å². The van der Waals surface area contributed by atoms with Crippen LogP contribution in [-0.2, 0) is 10.0 Å². The molecule has 0 unspecified atom stereocenters. The lowest BCUT2D eigenvalue weighted by molar-refractivity contribution is 0.228. The zero-order valence-electron chi connectivity index (χ0n) is 20.0. The average molecular weight is 497 g/mol. The third kappa shape index (κ3) is 5.11. The molecule has 1 aromatic heterocycles. The van der Waals surface area contributed by atoms with Crippen molar-refractivity contribution in [3.8, 4) is 6.07 Å². The summed E-state index contributed by atoms with van der Waals surface area (Å²) in [5.41, 5.74) is 4.58. The standard InChI is InChI=1S/C29H28N4O2S/c30-19-24-8-4-5-11-28(24)25-18-26(29-12-6-7-15-31-29)22-32(21-25)20-23-13-16-33(17-14-23)36(34,35)27-9-2-1-3-10-27/h1-12,15,18,22-23H,13-14,16-17,20-21H2. The van der Waals surface area contributed by atoms with E-state index in [1.807, 2.05) is 48.5 Å². The van der Waals surface area contributed by atoms with Crippen molar-refractivity contribution in [1.29, 1.82) is 5.26 Å². The Kier molecular flexibility index (Phi) is 6.99. The number of piperidine rings is 1. The maximum Gasteiger partial charge on any atom is 0.243 e. The predicted molar refractivity (Wildman–Crippen MR) is 141 cm³/mol. The first-order valence-electron chi connectivity index (χ1n) is 12.2. The Bertz CT molecular complexity index is 1420. The maximum atomic E-state index is 13.0. The van der Waals surface area contributed by atoms with Crippen LogP contribution in [0.1, 0.15) is 29.7 Å². The lowest BCUT2D eigenvalue weighted by Gasteiger charge is -2.35. The quantitative estimate of drug-likeness (QED) is 0.490. The second-order valence-electron chi connectivity index (χ2n) is 9.22. The SMILES string of the molecule is N#Cc1ccccc1C1=CC(c2ccccn2)=CN(CC2CCN(S(=O)(=O)c3ccccc3)CC2)C1. The third-order valence-electron chi connectivity index (χ3n) is 6.83. The van der Waals surface area contributed by atoms with Crippen LogP contribution in [0.3, 0.4) is 0 Å². The van der Waals surface area contributed by atoms with Crippen LogP contribution in [0.15, 0.2) is 96.2 Å². The molecule has 2 aliphatic rings. The Labute approximate surface area is 212 Å². The average Bonchev–Trinajstić information content (AvgIpc) is 2.94. The Morgan fingerprint density at radius 2 is 1.67 bits per heavy atom. The number of rotatable bonds is 6. The molecule has 0 aliphatic carbocycles. The van der Waals surface area contributed by atoms with E-state index in [0.29, 0.717) is 36.0 Å². The molecular weight excluding hydrogens is 468 g/mol. The van der Waals surface area contributed by atoms with Crippen LogP contribution in [-0.4, -0.2) is 48.8 Å². The summed E-state index contributed by atoms with van der Waals surface area (Å²) < 4.78 is 27.6. The third-order valence-corrected chi connectivity index (χ3v) is 8.74. The van der Waals surface area contributed by atoms with Gasteiger partial charge in [-0.3, -0.25) is 4.98 Å². The summed E-state index contributed by atoms with van der Waals surface area (Å²) in [5, 5.41) is 9.66. The highest BCUT2D eigenvalue weighted by Gasteiger charge is 2.30. The molecule has 36 heavy (non-hydrogen) atoms. The first-order valence-corrected chi connectivity index (χ1v) is 13.6. The van der Waals surface area contributed by atoms with E-state index in [0.717, 1.165) is 41.8 Å². The fourth-order valence-corrected chi connectivity index (χ4v) is 6.44. The number of sulfonamides is 1. The highest BCUT2D eigenvalue weighted by Crippen LogP contribution is 2.31. The molecule has 1 saturated heterocycles. The number of hydrogen-bond donors (Lipinski definition) is 0. The number of hydrogen-bond acceptors (Lipinski definition) is 5. The molecule has 3 heterocycles. The lowest BCUT2D eigenvalue weighted by Crippen LogP contribution is -2.41. The number of nitriles is 1. The van der Waals surface area contributed by atoms with Gasteiger partial charge in [0, 0.05) is 44.1 Å². The van der Waals surface area contributed by atoms with Gasteiger partial charge in [-0.15, -0.1) is 0 Å². The topological polar surface area (TPSA) is 77.3 Å². The minimum Gasteiger partial charge on any atom is -0.372 e. The fourth-order valence-electron chi connectivity index (χ4n) is 4.95. The molecule has 7 heteroatoms. The molecule has 0 amide bonds. The zero-order valence-corrected chi connectivity index (χ0v) is 20.8. The van der Waals surface area contributed by atoms with Crippen LogP contribution < -0.4 is 0 Å². The fraction of sp³-hybridized carbons (Fsp3) is 0.241. The van der Waals surface area contributed by atoms with Crippen LogP contribution in [0.2, 0.25) is 0 Å². The zero-order chi connectivity index (χ0) is 25.0. The van der Waals surface area contributed by atoms with Crippen molar-refractivity contribution < 1.29 is 8.42 Å². The summed E-state index contributed by atoms with van der Waals surface area (Å²) in [7, 11) is -3.46. The van der Waals surface area contributed by atoms with Gasteiger partial charge >= 0.3 is 0 Å². The number of benzene rings is 2. The second-order valence-corrected chi connectivity index (χ2v) is 11.2. The van der Waals surface area contributed by atoms with Gasteiger partial charge in [-0.25, -0.2) is 8.42 Å². The van der Waals surface area contributed by atoms with Crippen LogP contribution >= 0.6 is 0 Å². The van der Waals surface area contributed by atoms with Crippen LogP contribution in [0.5, 0.6) is 0 Å². The van der Waals surface area contributed by atoms with E-state index >= 15 is 0 Å². The van der Waals surface area contributed by atoms with E-state index in [-0.39, 0.29) is 0 Å². The largest absolute Gasteiger partial charge is 0.372 e. The summed E-state index contributed by atoms with van der Waals surface area (Å²) in [4.78, 5) is 7.19. The summed E-state index contributed by atoms with van der Waals surface area (Å²) >= 11 is 0. The molecule has 6 nitrogen and oxygen atoms in total. The minimum atomic E-state index is -3.46. The van der Waals surface area contributed by atoms with E-state index in [1.165, 1.54) is 0 Å². The lowest BCUT2D eigenvalue weighted by atomic mass is 9.93. The molecule has 182 valence electrons. The summed E-state index contributed by atoms with van der Waals surface area (Å²) in [5.74, 6) is 0.374. The van der Waals surface area contributed by atoms with Gasteiger partial charge in [-0.1, -0.05) is 42.5 Å². The number of pyridine rings is 1. The molecule has 0 spiro atoms. The van der Waals surface area contributed by atoms with E-state index in [1.54, 1.807) is 34.8 Å². The first-order chi connectivity index (χ1) is 17.5. The molecule has 0 atom stereocenters. The van der Waals surface area contributed by atoms with E-state index in [9.17, 15) is 13.7 Å². The van der Waals surface area contributed by atoms with Gasteiger partial charge in [0.1, 0.15) is 0 Å². The van der Waals surface area contributed by atoms with Gasteiger partial charge in [0.15, 0.2) is 0 Å². The first kappa shape index (κ1) is 24.0. The van der Waals surface area contributed by atoms with E-state index in [4.69, 9.17) is 0 Å². The smallest absolute Gasteiger partial charge is 0.243 e. The molecule has 0 radical (unpaired) electrons. The molecule has 0 bridgehead atoms. The summed E-state index contributed by atoms with van der Waals surface area (Å²) in [6.45, 7) is 2.55. The van der Waals surface area contributed by atoms with Crippen molar-refractivity contribution in [2.45, 2.75) is 17.7 Å². The van der Waals surface area contributed by atoms with Crippen molar-refractivity contribution in [3.05, 3.63) is 108 Å². The Hall–Kier alpha value is -3.73. The number of aromatic nitrogens is 1. The highest BCUT2D eigenvalue weighted by atomic mass is 32.2. The normalized spacial score (nSPS) is 17.2.